The predicted octanol–water partition coefficient (Wildman–Crippen LogP) is 4.40. The number of hydrogen-bond donors (Lipinski definition) is 0. The van der Waals surface area contributed by atoms with Crippen LogP contribution in [-0.2, 0) is 9.53 Å². The van der Waals surface area contributed by atoms with E-state index in [2.05, 4.69) is 32.9 Å². The smallest absolute Gasteiger partial charge is 0.305 e. The molecule has 3 aromatic rings. The fraction of sp³-hybridized carbons (Fsp3) is 0.235. The number of thioether (sulfide) groups is 1. The van der Waals surface area contributed by atoms with Crippen molar-refractivity contribution in [3.05, 3.63) is 42.7 Å². The molecular formula is C17H16N2O2S2. The maximum absolute atomic E-state index is 11.1. The summed E-state index contributed by atoms with van der Waals surface area (Å²) in [6, 6.07) is 12.4. The van der Waals surface area contributed by atoms with Crippen molar-refractivity contribution < 1.29 is 9.53 Å². The lowest BCUT2D eigenvalue weighted by Gasteiger charge is -2.01. The van der Waals surface area contributed by atoms with Crippen LogP contribution in [0.5, 0.6) is 0 Å². The summed E-state index contributed by atoms with van der Waals surface area (Å²) in [5.41, 5.74) is 1.19. The third kappa shape index (κ3) is 3.89. The van der Waals surface area contributed by atoms with E-state index >= 15 is 0 Å². The molecule has 0 bridgehead atoms. The second-order valence-corrected chi connectivity index (χ2v) is 7.02. The Kier molecular flexibility index (Phi) is 5.25. The van der Waals surface area contributed by atoms with Crippen LogP contribution in [-0.4, -0.2) is 28.8 Å². The van der Waals surface area contributed by atoms with Gasteiger partial charge in [-0.1, -0.05) is 30.3 Å². The quantitative estimate of drug-likeness (QED) is 0.287. The van der Waals surface area contributed by atoms with Gasteiger partial charge in [-0.2, -0.15) is 0 Å². The molecule has 2 aromatic heterocycles. The SMILES string of the molecule is COC(=O)CCCSc1ncnc2sc(-c3ccccc3)cc12. The standard InChI is InChI=1S/C17H16N2O2S2/c1-21-15(20)8-5-9-22-16-13-10-14(12-6-3-2-4-7-12)23-17(13)19-11-18-16/h2-4,6-7,10-11H,5,8-9H2,1H3. The van der Waals surface area contributed by atoms with Crippen molar-refractivity contribution in [2.75, 3.05) is 12.9 Å². The molecule has 0 N–H and O–H groups in total. The summed E-state index contributed by atoms with van der Waals surface area (Å²) in [4.78, 5) is 22.1. The Balaban J connectivity index is 1.76. The van der Waals surface area contributed by atoms with E-state index < -0.39 is 0 Å². The van der Waals surface area contributed by atoms with Crippen LogP contribution in [0.3, 0.4) is 0 Å². The second-order valence-electron chi connectivity index (χ2n) is 4.90. The summed E-state index contributed by atoms with van der Waals surface area (Å²) in [7, 11) is 1.42. The molecule has 0 fully saturated rings. The lowest BCUT2D eigenvalue weighted by Crippen LogP contribution is -2.00. The zero-order chi connectivity index (χ0) is 16.1. The predicted molar refractivity (Wildman–Crippen MR) is 94.8 cm³/mol. The number of ether oxygens (including phenoxy) is 1. The molecule has 2 heterocycles. The van der Waals surface area contributed by atoms with Crippen LogP contribution in [0.4, 0.5) is 0 Å². The average Bonchev–Trinajstić information content (AvgIpc) is 3.04. The molecule has 0 amide bonds. The number of hydrogen-bond acceptors (Lipinski definition) is 6. The summed E-state index contributed by atoms with van der Waals surface area (Å²) < 4.78 is 4.65. The summed E-state index contributed by atoms with van der Waals surface area (Å²) >= 11 is 3.33. The van der Waals surface area contributed by atoms with E-state index in [1.54, 1.807) is 29.4 Å². The Hall–Kier alpha value is -1.92. The molecule has 0 aliphatic heterocycles. The molecule has 0 aliphatic rings. The highest BCUT2D eigenvalue weighted by Crippen LogP contribution is 2.36. The number of fused-ring (bicyclic) bond motifs is 1. The zero-order valence-electron chi connectivity index (χ0n) is 12.7. The molecule has 3 rings (SSSR count). The molecule has 1 aromatic carbocycles. The molecule has 0 saturated heterocycles. The van der Waals surface area contributed by atoms with Gasteiger partial charge in [-0.05, 0) is 18.1 Å². The maximum atomic E-state index is 11.1. The number of rotatable bonds is 6. The molecule has 0 spiro atoms. The molecule has 0 unspecified atom stereocenters. The highest BCUT2D eigenvalue weighted by Gasteiger charge is 2.10. The van der Waals surface area contributed by atoms with Gasteiger partial charge in [-0.25, -0.2) is 9.97 Å². The van der Waals surface area contributed by atoms with Crippen molar-refractivity contribution >= 4 is 39.3 Å². The van der Waals surface area contributed by atoms with Crippen molar-refractivity contribution in [2.45, 2.75) is 17.9 Å². The van der Waals surface area contributed by atoms with Crippen LogP contribution in [0.2, 0.25) is 0 Å². The number of carbonyl (C=O) groups is 1. The number of aromatic nitrogens is 2. The molecule has 0 aliphatic carbocycles. The molecule has 6 heteroatoms. The van der Waals surface area contributed by atoms with E-state index in [0.29, 0.717) is 6.42 Å². The first kappa shape index (κ1) is 16.0. The number of nitrogens with zero attached hydrogens (tertiary/aromatic N) is 2. The topological polar surface area (TPSA) is 52.1 Å². The number of benzene rings is 1. The summed E-state index contributed by atoms with van der Waals surface area (Å²) in [5, 5.41) is 2.05. The number of methoxy groups -OCH3 is 1. The summed E-state index contributed by atoms with van der Waals surface area (Å²) in [6.07, 6.45) is 2.82. The van der Waals surface area contributed by atoms with Gasteiger partial charge in [-0.15, -0.1) is 23.1 Å². The van der Waals surface area contributed by atoms with E-state index in [1.807, 2.05) is 18.2 Å². The first-order chi connectivity index (χ1) is 11.3. The zero-order valence-corrected chi connectivity index (χ0v) is 14.3. The molecular weight excluding hydrogens is 328 g/mol. The molecule has 4 nitrogen and oxygen atoms in total. The minimum atomic E-state index is -0.166. The largest absolute Gasteiger partial charge is 0.469 e. The van der Waals surface area contributed by atoms with E-state index in [-0.39, 0.29) is 5.97 Å². The molecule has 118 valence electrons. The second kappa shape index (κ2) is 7.57. The van der Waals surface area contributed by atoms with E-state index in [0.717, 1.165) is 27.4 Å². The van der Waals surface area contributed by atoms with Gasteiger partial charge in [0.1, 0.15) is 16.2 Å². The Morgan fingerprint density at radius 3 is 2.87 bits per heavy atom. The Bertz CT molecular complexity index is 803. The van der Waals surface area contributed by atoms with Gasteiger partial charge in [0.05, 0.1) is 7.11 Å². The van der Waals surface area contributed by atoms with Crippen LogP contribution in [0.1, 0.15) is 12.8 Å². The maximum Gasteiger partial charge on any atom is 0.305 e. The van der Waals surface area contributed by atoms with Gasteiger partial charge in [0.2, 0.25) is 0 Å². The van der Waals surface area contributed by atoms with Crippen molar-refractivity contribution in [3.8, 4) is 10.4 Å². The lowest BCUT2D eigenvalue weighted by molar-refractivity contribution is -0.140. The third-order valence-electron chi connectivity index (χ3n) is 3.34. The number of esters is 1. The van der Waals surface area contributed by atoms with Gasteiger partial charge in [0.15, 0.2) is 0 Å². The first-order valence-corrected chi connectivity index (χ1v) is 9.07. The van der Waals surface area contributed by atoms with Crippen molar-refractivity contribution in [1.82, 2.24) is 9.97 Å². The Morgan fingerprint density at radius 1 is 1.26 bits per heavy atom. The molecule has 23 heavy (non-hydrogen) atoms. The minimum Gasteiger partial charge on any atom is -0.469 e. The van der Waals surface area contributed by atoms with Crippen LogP contribution >= 0.6 is 23.1 Å². The fourth-order valence-corrected chi connectivity index (χ4v) is 4.16. The van der Waals surface area contributed by atoms with Gasteiger partial charge in [0, 0.05) is 22.4 Å². The Labute approximate surface area is 142 Å². The van der Waals surface area contributed by atoms with Crippen LogP contribution < -0.4 is 0 Å². The van der Waals surface area contributed by atoms with Gasteiger partial charge < -0.3 is 4.74 Å². The fourth-order valence-electron chi connectivity index (χ4n) is 2.18. The van der Waals surface area contributed by atoms with E-state index in [9.17, 15) is 4.79 Å². The van der Waals surface area contributed by atoms with Crippen molar-refractivity contribution in [3.63, 3.8) is 0 Å². The summed E-state index contributed by atoms with van der Waals surface area (Å²) in [5.74, 6) is 0.665. The average molecular weight is 344 g/mol. The van der Waals surface area contributed by atoms with Crippen LogP contribution in [0.15, 0.2) is 47.8 Å². The normalized spacial score (nSPS) is 10.8. The van der Waals surface area contributed by atoms with Crippen LogP contribution in [0.25, 0.3) is 20.7 Å². The Morgan fingerprint density at radius 2 is 2.09 bits per heavy atom. The van der Waals surface area contributed by atoms with E-state index in [1.165, 1.54) is 17.6 Å². The van der Waals surface area contributed by atoms with Crippen molar-refractivity contribution in [1.29, 1.82) is 0 Å². The molecule has 0 atom stereocenters. The number of carbonyl (C=O) groups excluding carboxylic acids is 1. The molecule has 0 radical (unpaired) electrons. The highest BCUT2D eigenvalue weighted by atomic mass is 32.2. The van der Waals surface area contributed by atoms with Gasteiger partial charge in [-0.3, -0.25) is 4.79 Å². The lowest BCUT2D eigenvalue weighted by atomic mass is 10.2. The summed E-state index contributed by atoms with van der Waals surface area (Å²) in [6.45, 7) is 0. The van der Waals surface area contributed by atoms with Crippen molar-refractivity contribution in [2.24, 2.45) is 0 Å². The van der Waals surface area contributed by atoms with Crippen LogP contribution in [0, 0.1) is 0 Å². The molecule has 0 saturated carbocycles. The van der Waals surface area contributed by atoms with E-state index in [4.69, 9.17) is 0 Å². The van der Waals surface area contributed by atoms with Gasteiger partial charge in [0.25, 0.3) is 0 Å². The first-order valence-electron chi connectivity index (χ1n) is 7.27. The van der Waals surface area contributed by atoms with Gasteiger partial charge >= 0.3 is 5.97 Å². The highest BCUT2D eigenvalue weighted by molar-refractivity contribution is 7.99. The monoisotopic (exact) mass is 344 g/mol. The number of thiophene rings is 1. The minimum absolute atomic E-state index is 0.166. The third-order valence-corrected chi connectivity index (χ3v) is 5.53.